The lowest BCUT2D eigenvalue weighted by Crippen LogP contribution is -2.82. The Morgan fingerprint density at radius 1 is 1.42 bits per heavy atom. The Morgan fingerprint density at radius 3 is 2.68 bits per heavy atom. The summed E-state index contributed by atoms with van der Waals surface area (Å²) in [6.07, 6.45) is 3.74. The standard InChI is InChI=1S/C14H19N3OS/c1-4-9-15-14(19)17-16-10-12-5-7-13(8-6-12)18-11(2)3/h4-8,10-11H,1,9H2,2-3H3,(H2,15,17,19)/p+1. The lowest BCUT2D eigenvalue weighted by atomic mass is 10.2. The molecular formula is C14H20N3OS+. The van der Waals surface area contributed by atoms with Crippen LogP contribution >= 0.6 is 12.2 Å². The van der Waals surface area contributed by atoms with Gasteiger partial charge < -0.3 is 10.1 Å². The van der Waals surface area contributed by atoms with Crippen molar-refractivity contribution >= 4 is 23.5 Å². The predicted octanol–water partition coefficient (Wildman–Crippen LogP) is 0.538. The molecule has 0 aliphatic rings. The molecule has 0 spiro atoms. The van der Waals surface area contributed by atoms with E-state index in [1.807, 2.05) is 44.3 Å². The van der Waals surface area contributed by atoms with Gasteiger partial charge in [-0.2, -0.15) is 0 Å². The second kappa shape index (κ2) is 8.26. The molecule has 3 N–H and O–H groups in total. The smallest absolute Gasteiger partial charge is 0.224 e. The van der Waals surface area contributed by atoms with Crippen LogP contribution in [-0.4, -0.2) is 24.0 Å². The van der Waals surface area contributed by atoms with Gasteiger partial charge in [0.1, 0.15) is 5.75 Å². The van der Waals surface area contributed by atoms with Crippen molar-refractivity contribution in [3.05, 3.63) is 42.5 Å². The average molecular weight is 278 g/mol. The monoisotopic (exact) mass is 278 g/mol. The molecule has 5 heteroatoms. The Kier molecular flexibility index (Phi) is 6.60. The third kappa shape index (κ3) is 6.57. The van der Waals surface area contributed by atoms with Gasteiger partial charge in [0.05, 0.1) is 6.10 Å². The van der Waals surface area contributed by atoms with Gasteiger partial charge in [-0.25, -0.2) is 0 Å². The molecule has 0 atom stereocenters. The fourth-order valence-corrected chi connectivity index (χ4v) is 1.45. The van der Waals surface area contributed by atoms with Gasteiger partial charge in [0, 0.05) is 12.1 Å². The maximum Gasteiger partial charge on any atom is 0.224 e. The molecule has 1 aromatic carbocycles. The molecule has 0 amide bonds. The summed E-state index contributed by atoms with van der Waals surface area (Å²) in [7, 11) is 0. The first kappa shape index (κ1) is 15.2. The van der Waals surface area contributed by atoms with E-state index in [9.17, 15) is 0 Å². The number of ether oxygens (including phenoxy) is 1. The van der Waals surface area contributed by atoms with E-state index in [-0.39, 0.29) is 6.10 Å². The van der Waals surface area contributed by atoms with Crippen LogP contribution in [0.2, 0.25) is 0 Å². The summed E-state index contributed by atoms with van der Waals surface area (Å²) < 4.78 is 5.57. The maximum absolute atomic E-state index is 5.57. The number of benzene rings is 1. The van der Waals surface area contributed by atoms with Crippen LogP contribution < -0.4 is 20.6 Å². The van der Waals surface area contributed by atoms with Crippen molar-refractivity contribution in [1.82, 2.24) is 10.7 Å². The molecule has 0 heterocycles. The molecule has 1 rings (SSSR count). The molecule has 0 saturated carbocycles. The lowest BCUT2D eigenvalue weighted by Gasteiger charge is -2.08. The number of hydrogen-bond donors (Lipinski definition) is 3. The minimum absolute atomic E-state index is 0.183. The number of thiocarbonyl (C=S) groups is 1. The fraction of sp³-hybridized carbons (Fsp3) is 0.286. The fourth-order valence-electron chi connectivity index (χ4n) is 1.31. The molecule has 0 fully saturated rings. The molecule has 0 saturated heterocycles. The van der Waals surface area contributed by atoms with Crippen molar-refractivity contribution < 1.29 is 9.84 Å². The zero-order chi connectivity index (χ0) is 14.1. The zero-order valence-electron chi connectivity index (χ0n) is 11.3. The van der Waals surface area contributed by atoms with Gasteiger partial charge in [0.15, 0.2) is 6.21 Å². The Bertz CT molecular complexity index is 441. The van der Waals surface area contributed by atoms with Gasteiger partial charge in [-0.1, -0.05) is 6.08 Å². The molecule has 102 valence electrons. The SMILES string of the molecule is C=CCNC(=S)N[NH+]=Cc1ccc(OC(C)C)cc1. The Hall–Kier alpha value is -1.88. The van der Waals surface area contributed by atoms with E-state index in [1.54, 1.807) is 6.08 Å². The molecule has 0 aromatic heterocycles. The lowest BCUT2D eigenvalue weighted by molar-refractivity contribution is -0.500. The van der Waals surface area contributed by atoms with Crippen molar-refractivity contribution in [1.29, 1.82) is 0 Å². The molecule has 1 aromatic rings. The van der Waals surface area contributed by atoms with Crippen molar-refractivity contribution in [2.75, 3.05) is 6.54 Å². The Balaban J connectivity index is 2.44. The highest BCUT2D eigenvalue weighted by Gasteiger charge is 1.98. The molecule has 0 aliphatic heterocycles. The molecule has 0 radical (unpaired) electrons. The van der Waals surface area contributed by atoms with E-state index in [0.717, 1.165) is 11.3 Å². The summed E-state index contributed by atoms with van der Waals surface area (Å²) in [6.45, 7) is 8.24. The summed E-state index contributed by atoms with van der Waals surface area (Å²) in [5.41, 5.74) is 3.87. The number of hydrazone groups is 1. The Labute approximate surface area is 119 Å². The van der Waals surface area contributed by atoms with Crippen molar-refractivity contribution in [2.45, 2.75) is 20.0 Å². The molecular weight excluding hydrogens is 258 g/mol. The highest BCUT2D eigenvalue weighted by Crippen LogP contribution is 2.12. The second-order valence-electron chi connectivity index (χ2n) is 4.15. The van der Waals surface area contributed by atoms with Crippen LogP contribution in [0.5, 0.6) is 5.75 Å². The van der Waals surface area contributed by atoms with Gasteiger partial charge in [0.2, 0.25) is 5.11 Å². The molecule has 0 aliphatic carbocycles. The van der Waals surface area contributed by atoms with Crippen LogP contribution in [0.3, 0.4) is 0 Å². The van der Waals surface area contributed by atoms with Crippen molar-refractivity contribution in [3.8, 4) is 5.75 Å². The van der Waals surface area contributed by atoms with Gasteiger partial charge in [-0.05, 0) is 50.3 Å². The number of hydrogen-bond acceptors (Lipinski definition) is 2. The number of rotatable bonds is 6. The zero-order valence-corrected chi connectivity index (χ0v) is 12.1. The van der Waals surface area contributed by atoms with E-state index in [1.165, 1.54) is 0 Å². The van der Waals surface area contributed by atoms with Gasteiger partial charge >= 0.3 is 0 Å². The number of nitrogens with one attached hydrogen (secondary N) is 3. The van der Waals surface area contributed by atoms with Gasteiger partial charge in [-0.3, -0.25) is 0 Å². The summed E-state index contributed by atoms with van der Waals surface area (Å²) in [4.78, 5) is 0. The first-order valence-corrected chi connectivity index (χ1v) is 6.53. The molecule has 0 bridgehead atoms. The van der Waals surface area contributed by atoms with E-state index in [0.29, 0.717) is 11.7 Å². The van der Waals surface area contributed by atoms with E-state index in [4.69, 9.17) is 17.0 Å². The maximum atomic E-state index is 5.57. The van der Waals surface area contributed by atoms with Crippen molar-refractivity contribution in [3.63, 3.8) is 0 Å². The molecule has 0 unspecified atom stereocenters. The van der Waals surface area contributed by atoms with Crippen molar-refractivity contribution in [2.24, 2.45) is 0 Å². The first-order chi connectivity index (χ1) is 9.11. The largest absolute Gasteiger partial charge is 0.491 e. The van der Waals surface area contributed by atoms with E-state index >= 15 is 0 Å². The minimum Gasteiger partial charge on any atom is -0.491 e. The summed E-state index contributed by atoms with van der Waals surface area (Å²) in [5.74, 6) is 0.864. The van der Waals surface area contributed by atoms with Crippen LogP contribution in [0, 0.1) is 0 Å². The Morgan fingerprint density at radius 2 is 2.11 bits per heavy atom. The highest BCUT2D eigenvalue weighted by atomic mass is 32.1. The van der Waals surface area contributed by atoms with E-state index < -0.39 is 0 Å². The third-order valence-corrected chi connectivity index (χ3v) is 2.33. The number of hydrazine groups is 1. The van der Waals surface area contributed by atoms with Crippen LogP contribution in [0.25, 0.3) is 0 Å². The predicted molar refractivity (Wildman–Crippen MR) is 82.3 cm³/mol. The normalized spacial score (nSPS) is 10.5. The minimum atomic E-state index is 0.183. The average Bonchev–Trinajstić information content (AvgIpc) is 2.38. The summed E-state index contributed by atoms with van der Waals surface area (Å²) in [6, 6.07) is 7.79. The molecule has 19 heavy (non-hydrogen) atoms. The highest BCUT2D eigenvalue weighted by molar-refractivity contribution is 7.80. The summed E-state index contributed by atoms with van der Waals surface area (Å²) >= 11 is 5.03. The van der Waals surface area contributed by atoms with Gasteiger partial charge in [0.25, 0.3) is 0 Å². The van der Waals surface area contributed by atoms with Crippen LogP contribution in [-0.2, 0) is 0 Å². The second-order valence-corrected chi connectivity index (χ2v) is 4.56. The van der Waals surface area contributed by atoms with Crippen LogP contribution in [0.4, 0.5) is 0 Å². The summed E-state index contributed by atoms with van der Waals surface area (Å²) in [5, 5.41) is 6.39. The first-order valence-electron chi connectivity index (χ1n) is 6.12. The quantitative estimate of drug-likeness (QED) is 0.308. The third-order valence-electron chi connectivity index (χ3n) is 2.08. The van der Waals surface area contributed by atoms with Crippen LogP contribution in [0.15, 0.2) is 36.9 Å². The van der Waals surface area contributed by atoms with E-state index in [2.05, 4.69) is 22.4 Å². The van der Waals surface area contributed by atoms with Gasteiger partial charge in [-0.15, -0.1) is 17.1 Å². The topological polar surface area (TPSA) is 47.3 Å². The van der Waals surface area contributed by atoms with Crippen LogP contribution in [0.1, 0.15) is 19.4 Å². The molecule has 4 nitrogen and oxygen atoms in total.